The van der Waals surface area contributed by atoms with Crippen molar-refractivity contribution in [2.24, 2.45) is 5.92 Å². The molecular formula is C13H17BrFNO2. The Morgan fingerprint density at radius 3 is 2.67 bits per heavy atom. The van der Waals surface area contributed by atoms with Crippen molar-refractivity contribution in [1.82, 2.24) is 5.32 Å². The van der Waals surface area contributed by atoms with Crippen LogP contribution in [0.4, 0.5) is 4.39 Å². The third-order valence-electron chi connectivity index (χ3n) is 2.65. The Hall–Kier alpha value is -0.940. The van der Waals surface area contributed by atoms with E-state index in [0.29, 0.717) is 11.0 Å². The molecule has 0 aliphatic heterocycles. The molecule has 5 heteroatoms. The fraction of sp³-hybridized carbons (Fsp3) is 0.462. The summed E-state index contributed by atoms with van der Waals surface area (Å²) < 4.78 is 18.4. The first-order chi connectivity index (χ1) is 8.45. The van der Waals surface area contributed by atoms with E-state index < -0.39 is 0 Å². The Morgan fingerprint density at radius 2 is 2.17 bits per heavy atom. The number of hydrogen-bond acceptors (Lipinski definition) is 3. The zero-order valence-electron chi connectivity index (χ0n) is 10.7. The van der Waals surface area contributed by atoms with Gasteiger partial charge in [0.05, 0.1) is 7.11 Å². The Morgan fingerprint density at radius 1 is 1.50 bits per heavy atom. The highest BCUT2D eigenvalue weighted by Gasteiger charge is 2.22. The summed E-state index contributed by atoms with van der Waals surface area (Å²) in [4.78, 5) is 11.6. The van der Waals surface area contributed by atoms with Crippen molar-refractivity contribution in [2.45, 2.75) is 26.4 Å². The van der Waals surface area contributed by atoms with Gasteiger partial charge in [-0.25, -0.2) is 4.39 Å². The van der Waals surface area contributed by atoms with Crippen molar-refractivity contribution < 1.29 is 13.9 Å². The third-order valence-corrected chi connectivity index (χ3v) is 3.39. The monoisotopic (exact) mass is 317 g/mol. The van der Waals surface area contributed by atoms with Crippen LogP contribution in [0, 0.1) is 11.7 Å². The molecule has 0 aliphatic rings. The fourth-order valence-corrected chi connectivity index (χ4v) is 2.09. The summed E-state index contributed by atoms with van der Waals surface area (Å²) in [6.45, 7) is 4.35. The first kappa shape index (κ1) is 15.1. The van der Waals surface area contributed by atoms with Gasteiger partial charge in [-0.2, -0.15) is 0 Å². The van der Waals surface area contributed by atoms with Gasteiger partial charge in [-0.05, 0) is 23.6 Å². The lowest BCUT2D eigenvalue weighted by atomic mass is 10.0. The number of ether oxygens (including phenoxy) is 1. The van der Waals surface area contributed by atoms with Crippen LogP contribution in [-0.4, -0.2) is 19.1 Å². The average Bonchev–Trinajstić information content (AvgIpc) is 2.31. The Kier molecular flexibility index (Phi) is 5.75. The minimum atomic E-state index is -0.369. The van der Waals surface area contributed by atoms with Crippen LogP contribution < -0.4 is 5.32 Å². The van der Waals surface area contributed by atoms with E-state index in [9.17, 15) is 9.18 Å². The second-order valence-electron chi connectivity index (χ2n) is 4.36. The van der Waals surface area contributed by atoms with Crippen molar-refractivity contribution in [3.05, 3.63) is 34.1 Å². The molecular weight excluding hydrogens is 301 g/mol. The van der Waals surface area contributed by atoms with Crippen molar-refractivity contribution in [3.8, 4) is 0 Å². The molecule has 0 fully saturated rings. The molecule has 18 heavy (non-hydrogen) atoms. The quantitative estimate of drug-likeness (QED) is 0.849. The summed E-state index contributed by atoms with van der Waals surface area (Å²) in [5, 5.41) is 3.12. The molecule has 1 aromatic carbocycles. The van der Waals surface area contributed by atoms with E-state index in [4.69, 9.17) is 4.74 Å². The predicted molar refractivity (Wildman–Crippen MR) is 71.6 cm³/mol. The van der Waals surface area contributed by atoms with E-state index in [-0.39, 0.29) is 23.7 Å². The van der Waals surface area contributed by atoms with Crippen molar-refractivity contribution in [1.29, 1.82) is 0 Å². The summed E-state index contributed by atoms with van der Waals surface area (Å²) in [5.74, 6) is -0.459. The van der Waals surface area contributed by atoms with Crippen LogP contribution in [0.1, 0.15) is 19.4 Å². The molecule has 0 radical (unpaired) electrons. The van der Waals surface area contributed by atoms with Crippen LogP contribution in [-0.2, 0) is 16.1 Å². The predicted octanol–water partition coefficient (Wildman–Crippen LogP) is 2.88. The second-order valence-corrected chi connectivity index (χ2v) is 5.22. The molecule has 3 nitrogen and oxygen atoms in total. The van der Waals surface area contributed by atoms with Gasteiger partial charge >= 0.3 is 5.97 Å². The molecule has 0 bridgehead atoms. The highest BCUT2D eigenvalue weighted by molar-refractivity contribution is 9.10. The molecule has 0 heterocycles. The lowest BCUT2D eigenvalue weighted by Crippen LogP contribution is -2.41. The smallest absolute Gasteiger partial charge is 0.323 e. The van der Waals surface area contributed by atoms with E-state index in [1.165, 1.54) is 19.2 Å². The summed E-state index contributed by atoms with van der Waals surface area (Å²) in [6.07, 6.45) is 0. The fourth-order valence-electron chi connectivity index (χ4n) is 1.60. The summed E-state index contributed by atoms with van der Waals surface area (Å²) in [5.41, 5.74) is 0.894. The van der Waals surface area contributed by atoms with Gasteiger partial charge in [-0.3, -0.25) is 4.79 Å². The van der Waals surface area contributed by atoms with Gasteiger partial charge in [0.2, 0.25) is 0 Å². The van der Waals surface area contributed by atoms with Crippen molar-refractivity contribution in [2.75, 3.05) is 7.11 Å². The average molecular weight is 318 g/mol. The molecule has 0 saturated carbocycles. The van der Waals surface area contributed by atoms with E-state index in [0.717, 1.165) is 5.56 Å². The van der Waals surface area contributed by atoms with Crippen molar-refractivity contribution >= 4 is 21.9 Å². The van der Waals surface area contributed by atoms with Crippen molar-refractivity contribution in [3.63, 3.8) is 0 Å². The van der Waals surface area contributed by atoms with Gasteiger partial charge in [-0.15, -0.1) is 0 Å². The van der Waals surface area contributed by atoms with Gasteiger partial charge in [-0.1, -0.05) is 35.8 Å². The van der Waals surface area contributed by atoms with Gasteiger partial charge in [0.1, 0.15) is 11.9 Å². The molecule has 1 N–H and O–H groups in total. The largest absolute Gasteiger partial charge is 0.468 e. The first-order valence-electron chi connectivity index (χ1n) is 5.70. The van der Waals surface area contributed by atoms with E-state index in [1.54, 1.807) is 6.07 Å². The molecule has 0 saturated heterocycles. The zero-order valence-corrected chi connectivity index (χ0v) is 12.3. The zero-order chi connectivity index (χ0) is 13.7. The van der Waals surface area contributed by atoms with Crippen LogP contribution in [0.2, 0.25) is 0 Å². The van der Waals surface area contributed by atoms with Gasteiger partial charge in [0.15, 0.2) is 0 Å². The highest BCUT2D eigenvalue weighted by atomic mass is 79.9. The third kappa shape index (κ3) is 4.07. The SMILES string of the molecule is COC(=O)[C@@H](NCc1ccc(F)cc1Br)C(C)C. The molecule has 0 unspecified atom stereocenters. The standard InChI is InChI=1S/C13H17BrFNO2/c1-8(2)12(13(17)18-3)16-7-9-4-5-10(15)6-11(9)14/h4-6,8,12,16H,7H2,1-3H3/t12-/m0/s1. The molecule has 1 rings (SSSR count). The number of benzene rings is 1. The first-order valence-corrected chi connectivity index (χ1v) is 6.50. The van der Waals surface area contributed by atoms with E-state index in [1.807, 2.05) is 13.8 Å². The van der Waals surface area contributed by atoms with Crippen LogP contribution in [0.5, 0.6) is 0 Å². The normalized spacial score (nSPS) is 12.6. The van der Waals surface area contributed by atoms with Crippen LogP contribution in [0.15, 0.2) is 22.7 Å². The topological polar surface area (TPSA) is 38.3 Å². The maximum atomic E-state index is 12.9. The molecule has 100 valence electrons. The number of nitrogens with one attached hydrogen (secondary N) is 1. The highest BCUT2D eigenvalue weighted by Crippen LogP contribution is 2.18. The number of halogens is 2. The molecule has 0 amide bonds. The molecule has 0 spiro atoms. The maximum absolute atomic E-state index is 12.9. The van der Waals surface area contributed by atoms with Crippen LogP contribution in [0.25, 0.3) is 0 Å². The van der Waals surface area contributed by atoms with Gasteiger partial charge in [0, 0.05) is 11.0 Å². The summed E-state index contributed by atoms with van der Waals surface area (Å²) in [7, 11) is 1.37. The van der Waals surface area contributed by atoms with E-state index >= 15 is 0 Å². The number of carbonyl (C=O) groups is 1. The Labute approximate surface area is 115 Å². The minimum absolute atomic E-state index is 0.122. The Bertz CT molecular complexity index is 423. The molecule has 1 atom stereocenters. The lowest BCUT2D eigenvalue weighted by Gasteiger charge is -2.20. The van der Waals surface area contributed by atoms with Gasteiger partial charge < -0.3 is 10.1 Å². The number of methoxy groups -OCH3 is 1. The summed E-state index contributed by atoms with van der Waals surface area (Å²) in [6, 6.07) is 4.11. The molecule has 0 aliphatic carbocycles. The maximum Gasteiger partial charge on any atom is 0.323 e. The number of esters is 1. The summed E-state index contributed by atoms with van der Waals surface area (Å²) >= 11 is 3.29. The van der Waals surface area contributed by atoms with E-state index in [2.05, 4.69) is 21.2 Å². The van der Waals surface area contributed by atoms with Crippen LogP contribution >= 0.6 is 15.9 Å². The second kappa shape index (κ2) is 6.85. The Balaban J connectivity index is 2.70. The number of hydrogen-bond donors (Lipinski definition) is 1. The van der Waals surface area contributed by atoms with Crippen LogP contribution in [0.3, 0.4) is 0 Å². The lowest BCUT2D eigenvalue weighted by molar-refractivity contribution is -0.144. The van der Waals surface area contributed by atoms with Gasteiger partial charge in [0.25, 0.3) is 0 Å². The minimum Gasteiger partial charge on any atom is -0.468 e. The number of rotatable bonds is 5. The molecule has 1 aromatic rings. The molecule has 0 aromatic heterocycles. The number of carbonyl (C=O) groups excluding carboxylic acids is 1.